The number of aromatic nitrogens is 1. The maximum Gasteiger partial charge on any atom is 0.272 e. The summed E-state index contributed by atoms with van der Waals surface area (Å²) >= 11 is 0. The number of nitrogens with one attached hydrogen (secondary N) is 1. The highest BCUT2D eigenvalue weighted by Crippen LogP contribution is 2.17. The van der Waals surface area contributed by atoms with Crippen LogP contribution in [-0.2, 0) is 6.54 Å². The molecule has 2 amide bonds. The molecule has 6 heteroatoms. The van der Waals surface area contributed by atoms with Gasteiger partial charge in [-0.1, -0.05) is 31.2 Å². The summed E-state index contributed by atoms with van der Waals surface area (Å²) in [5, 5.41) is 2.64. The third kappa shape index (κ3) is 4.25. The maximum absolute atomic E-state index is 13.6. The predicted octanol–water partition coefficient (Wildman–Crippen LogP) is 3.02. The zero-order valence-corrected chi connectivity index (χ0v) is 14.7. The predicted molar refractivity (Wildman–Crippen MR) is 96.1 cm³/mol. The molecule has 0 aliphatic carbocycles. The van der Waals surface area contributed by atoms with E-state index in [2.05, 4.69) is 17.2 Å². The van der Waals surface area contributed by atoms with Crippen LogP contribution in [0.1, 0.15) is 46.3 Å². The van der Waals surface area contributed by atoms with Crippen molar-refractivity contribution in [1.29, 1.82) is 0 Å². The lowest BCUT2D eigenvalue weighted by atomic mass is 9.99. The molecule has 0 unspecified atom stereocenters. The van der Waals surface area contributed by atoms with E-state index in [4.69, 9.17) is 0 Å². The molecule has 0 saturated carbocycles. The Morgan fingerprint density at radius 2 is 1.81 bits per heavy atom. The fraction of sp³-hybridized carbons (Fsp3) is 0.350. The van der Waals surface area contributed by atoms with E-state index >= 15 is 0 Å². The lowest BCUT2D eigenvalue weighted by Crippen LogP contribution is -2.38. The molecule has 0 radical (unpaired) electrons. The van der Waals surface area contributed by atoms with Crippen LogP contribution in [0.2, 0.25) is 0 Å². The van der Waals surface area contributed by atoms with Gasteiger partial charge in [-0.2, -0.15) is 0 Å². The molecule has 26 heavy (non-hydrogen) atoms. The third-order valence-corrected chi connectivity index (χ3v) is 4.67. The lowest BCUT2D eigenvalue weighted by molar-refractivity contribution is 0.0691. The van der Waals surface area contributed by atoms with Gasteiger partial charge in [0.25, 0.3) is 11.8 Å². The summed E-state index contributed by atoms with van der Waals surface area (Å²) in [7, 11) is 0. The highest BCUT2D eigenvalue weighted by Gasteiger charge is 2.23. The second-order valence-corrected chi connectivity index (χ2v) is 6.66. The van der Waals surface area contributed by atoms with Gasteiger partial charge in [-0.15, -0.1) is 0 Å². The van der Waals surface area contributed by atoms with Crippen LogP contribution in [0, 0.1) is 11.7 Å². The average molecular weight is 355 g/mol. The molecule has 2 heterocycles. The molecule has 0 spiro atoms. The second kappa shape index (κ2) is 8.08. The van der Waals surface area contributed by atoms with Crippen molar-refractivity contribution in [2.24, 2.45) is 5.92 Å². The van der Waals surface area contributed by atoms with E-state index in [1.165, 1.54) is 6.07 Å². The molecule has 0 bridgehead atoms. The zero-order valence-electron chi connectivity index (χ0n) is 14.7. The Morgan fingerprint density at radius 1 is 1.12 bits per heavy atom. The largest absolute Gasteiger partial charge is 0.347 e. The van der Waals surface area contributed by atoms with Crippen molar-refractivity contribution < 1.29 is 14.0 Å². The van der Waals surface area contributed by atoms with Gasteiger partial charge in [0.15, 0.2) is 0 Å². The van der Waals surface area contributed by atoms with Crippen LogP contribution < -0.4 is 5.32 Å². The molecule has 1 aromatic heterocycles. The van der Waals surface area contributed by atoms with Gasteiger partial charge < -0.3 is 10.2 Å². The number of hydrogen-bond donors (Lipinski definition) is 1. The van der Waals surface area contributed by atoms with E-state index in [0.29, 0.717) is 24.6 Å². The number of carbonyl (C=O) groups excluding carboxylic acids is 2. The van der Waals surface area contributed by atoms with E-state index in [9.17, 15) is 14.0 Å². The van der Waals surface area contributed by atoms with Gasteiger partial charge in [0, 0.05) is 25.2 Å². The zero-order chi connectivity index (χ0) is 18.5. The molecule has 5 nitrogen and oxygen atoms in total. The normalized spacial score (nSPS) is 14.9. The van der Waals surface area contributed by atoms with Crippen molar-refractivity contribution in [3.05, 3.63) is 65.2 Å². The fourth-order valence-corrected chi connectivity index (χ4v) is 2.96. The monoisotopic (exact) mass is 355 g/mol. The molecule has 1 N–H and O–H groups in total. The standard InChI is InChI=1S/C20H22FN3O2/c1-14-9-11-24(12-10-14)20(26)18-8-4-7-17(23-18)19(25)22-13-15-5-2-3-6-16(15)21/h2-8,14H,9-13H2,1H3,(H,22,25). The van der Waals surface area contributed by atoms with Crippen LogP contribution in [0.3, 0.4) is 0 Å². The van der Waals surface area contributed by atoms with Crippen molar-refractivity contribution in [2.75, 3.05) is 13.1 Å². The number of rotatable bonds is 4. The number of halogens is 1. The first kappa shape index (κ1) is 18.0. The first-order valence-corrected chi connectivity index (χ1v) is 8.82. The molecular weight excluding hydrogens is 333 g/mol. The quantitative estimate of drug-likeness (QED) is 0.917. The molecule has 136 valence electrons. The van der Waals surface area contributed by atoms with E-state index in [-0.39, 0.29) is 29.7 Å². The number of nitrogens with zero attached hydrogens (tertiary/aromatic N) is 2. The highest BCUT2D eigenvalue weighted by molar-refractivity contribution is 5.96. The first-order chi connectivity index (χ1) is 12.5. The summed E-state index contributed by atoms with van der Waals surface area (Å²) in [6, 6.07) is 11.1. The molecule has 1 aliphatic heterocycles. The van der Waals surface area contributed by atoms with Crippen molar-refractivity contribution in [1.82, 2.24) is 15.2 Å². The van der Waals surface area contributed by atoms with E-state index in [1.54, 1.807) is 41.3 Å². The van der Waals surface area contributed by atoms with Gasteiger partial charge >= 0.3 is 0 Å². The minimum Gasteiger partial charge on any atom is -0.347 e. The van der Waals surface area contributed by atoms with Crippen LogP contribution in [-0.4, -0.2) is 34.8 Å². The average Bonchev–Trinajstić information content (AvgIpc) is 2.67. The summed E-state index contributed by atoms with van der Waals surface area (Å²) in [6.07, 6.45) is 1.96. The molecule has 3 rings (SSSR count). The Bertz CT molecular complexity index is 801. The number of hydrogen-bond acceptors (Lipinski definition) is 3. The van der Waals surface area contributed by atoms with Crippen LogP contribution >= 0.6 is 0 Å². The van der Waals surface area contributed by atoms with Crippen molar-refractivity contribution in [3.8, 4) is 0 Å². The summed E-state index contributed by atoms with van der Waals surface area (Å²) in [5.74, 6) is -0.331. The van der Waals surface area contributed by atoms with Crippen molar-refractivity contribution in [2.45, 2.75) is 26.3 Å². The number of benzene rings is 1. The molecule has 0 atom stereocenters. The molecule has 2 aromatic rings. The highest BCUT2D eigenvalue weighted by atomic mass is 19.1. The summed E-state index contributed by atoms with van der Waals surface area (Å²) in [4.78, 5) is 30.9. The third-order valence-electron chi connectivity index (χ3n) is 4.67. The van der Waals surface area contributed by atoms with Gasteiger partial charge in [-0.05, 0) is 37.0 Å². The minimum absolute atomic E-state index is 0.0649. The molecule has 1 saturated heterocycles. The molecule has 1 aromatic carbocycles. The maximum atomic E-state index is 13.6. The van der Waals surface area contributed by atoms with E-state index in [1.807, 2.05) is 0 Å². The van der Waals surface area contributed by atoms with Gasteiger partial charge in [0.1, 0.15) is 17.2 Å². The van der Waals surface area contributed by atoms with Crippen LogP contribution in [0.5, 0.6) is 0 Å². The lowest BCUT2D eigenvalue weighted by Gasteiger charge is -2.30. The Balaban J connectivity index is 1.65. The Hall–Kier alpha value is -2.76. The number of piperidine rings is 1. The van der Waals surface area contributed by atoms with Crippen molar-refractivity contribution in [3.63, 3.8) is 0 Å². The SMILES string of the molecule is CC1CCN(C(=O)c2cccc(C(=O)NCc3ccccc3F)n2)CC1. The fourth-order valence-electron chi connectivity index (χ4n) is 2.96. The Labute approximate surface area is 152 Å². The number of carbonyl (C=O) groups is 2. The van der Waals surface area contributed by atoms with Gasteiger partial charge in [0.05, 0.1) is 0 Å². The van der Waals surface area contributed by atoms with Crippen LogP contribution in [0.25, 0.3) is 0 Å². The summed E-state index contributed by atoms with van der Waals surface area (Å²) in [6.45, 7) is 3.67. The molecule has 1 aliphatic rings. The van der Waals surface area contributed by atoms with Crippen LogP contribution in [0.4, 0.5) is 4.39 Å². The Morgan fingerprint density at radius 3 is 2.54 bits per heavy atom. The molecule has 1 fully saturated rings. The number of pyridine rings is 1. The Kier molecular flexibility index (Phi) is 5.61. The first-order valence-electron chi connectivity index (χ1n) is 8.82. The van der Waals surface area contributed by atoms with E-state index in [0.717, 1.165) is 12.8 Å². The van der Waals surface area contributed by atoms with Gasteiger partial charge in [-0.3, -0.25) is 9.59 Å². The molecular formula is C20H22FN3O2. The van der Waals surface area contributed by atoms with E-state index < -0.39 is 5.91 Å². The smallest absolute Gasteiger partial charge is 0.272 e. The van der Waals surface area contributed by atoms with Gasteiger partial charge in [0.2, 0.25) is 0 Å². The van der Waals surface area contributed by atoms with Crippen LogP contribution in [0.15, 0.2) is 42.5 Å². The van der Waals surface area contributed by atoms with Gasteiger partial charge in [-0.25, -0.2) is 9.37 Å². The summed E-state index contributed by atoms with van der Waals surface area (Å²) < 4.78 is 13.6. The number of amides is 2. The number of likely N-dealkylation sites (tertiary alicyclic amines) is 1. The minimum atomic E-state index is -0.435. The summed E-state index contributed by atoms with van der Waals surface area (Å²) in [5.41, 5.74) is 0.811. The topological polar surface area (TPSA) is 62.3 Å². The second-order valence-electron chi connectivity index (χ2n) is 6.66. The van der Waals surface area contributed by atoms with Crippen molar-refractivity contribution >= 4 is 11.8 Å².